The highest BCUT2D eigenvalue weighted by atomic mass is 16.2. The van der Waals surface area contributed by atoms with Gasteiger partial charge < -0.3 is 15.1 Å². The summed E-state index contributed by atoms with van der Waals surface area (Å²) in [4.78, 5) is 28.2. The summed E-state index contributed by atoms with van der Waals surface area (Å²) in [5, 5.41) is 2.94. The molecule has 0 bridgehead atoms. The van der Waals surface area contributed by atoms with E-state index in [4.69, 9.17) is 0 Å². The van der Waals surface area contributed by atoms with E-state index in [2.05, 4.69) is 5.32 Å². The molecule has 0 radical (unpaired) electrons. The van der Waals surface area contributed by atoms with Gasteiger partial charge in [-0.25, -0.2) is 4.79 Å². The predicted octanol–water partition coefficient (Wildman–Crippen LogP) is 2.28. The number of benzene rings is 2. The Labute approximate surface area is 148 Å². The molecule has 2 aromatic rings. The summed E-state index contributed by atoms with van der Waals surface area (Å²) in [6.07, 6.45) is 0.418. The number of hydrogen-bond donors (Lipinski definition) is 1. The number of rotatable bonds is 4. The fourth-order valence-electron chi connectivity index (χ4n) is 2.93. The van der Waals surface area contributed by atoms with Crippen LogP contribution in [0, 0.1) is 0 Å². The van der Waals surface area contributed by atoms with Gasteiger partial charge >= 0.3 is 6.03 Å². The third kappa shape index (κ3) is 4.83. The van der Waals surface area contributed by atoms with Gasteiger partial charge in [0, 0.05) is 32.7 Å². The van der Waals surface area contributed by atoms with E-state index >= 15 is 0 Å². The van der Waals surface area contributed by atoms with E-state index in [9.17, 15) is 9.59 Å². The minimum absolute atomic E-state index is 0.0704. The molecule has 1 fully saturated rings. The van der Waals surface area contributed by atoms with Crippen LogP contribution in [0.3, 0.4) is 0 Å². The van der Waals surface area contributed by atoms with Crippen molar-refractivity contribution in [3.8, 4) is 0 Å². The molecule has 1 N–H and O–H groups in total. The molecule has 0 aromatic heterocycles. The first kappa shape index (κ1) is 17.0. The molecule has 3 amide bonds. The molecule has 2 aromatic carbocycles. The minimum atomic E-state index is -0.0704. The maximum Gasteiger partial charge on any atom is 0.317 e. The van der Waals surface area contributed by atoms with Gasteiger partial charge in [0.25, 0.3) is 0 Å². The van der Waals surface area contributed by atoms with Gasteiger partial charge in [0.1, 0.15) is 0 Å². The SMILES string of the molecule is O=C(Cc1ccccc1)N1CCN(C(=O)NCc2ccccc2)CC1. The van der Waals surface area contributed by atoms with Crippen LogP contribution in [0.5, 0.6) is 0 Å². The molecule has 1 heterocycles. The molecule has 3 rings (SSSR count). The maximum atomic E-state index is 12.4. The molecule has 1 aliphatic rings. The van der Waals surface area contributed by atoms with Gasteiger partial charge in [-0.3, -0.25) is 4.79 Å². The van der Waals surface area contributed by atoms with E-state index < -0.39 is 0 Å². The van der Waals surface area contributed by atoms with Crippen LogP contribution >= 0.6 is 0 Å². The molecule has 1 saturated heterocycles. The zero-order chi connectivity index (χ0) is 17.5. The van der Waals surface area contributed by atoms with E-state index in [1.54, 1.807) is 4.90 Å². The van der Waals surface area contributed by atoms with Crippen molar-refractivity contribution in [3.05, 3.63) is 71.8 Å². The number of amides is 3. The zero-order valence-corrected chi connectivity index (χ0v) is 14.2. The highest BCUT2D eigenvalue weighted by molar-refractivity contribution is 5.79. The van der Waals surface area contributed by atoms with Crippen LogP contribution in [0.2, 0.25) is 0 Å². The molecule has 0 atom stereocenters. The summed E-state index contributed by atoms with van der Waals surface area (Å²) in [6.45, 7) is 2.84. The molecule has 5 nitrogen and oxygen atoms in total. The quantitative estimate of drug-likeness (QED) is 0.931. The van der Waals surface area contributed by atoms with E-state index in [0.29, 0.717) is 39.1 Å². The molecule has 0 spiro atoms. The molecular weight excluding hydrogens is 314 g/mol. The number of hydrogen-bond acceptors (Lipinski definition) is 2. The van der Waals surface area contributed by atoms with E-state index in [1.807, 2.05) is 65.6 Å². The number of carbonyl (C=O) groups excluding carboxylic acids is 2. The van der Waals surface area contributed by atoms with E-state index in [-0.39, 0.29) is 11.9 Å². The summed E-state index contributed by atoms with van der Waals surface area (Å²) in [5.41, 5.74) is 2.10. The lowest BCUT2D eigenvalue weighted by Crippen LogP contribution is -2.53. The standard InChI is InChI=1S/C20H23N3O2/c24-19(15-17-7-3-1-4-8-17)22-11-13-23(14-12-22)20(25)21-16-18-9-5-2-6-10-18/h1-10H,11-16H2,(H,21,25). The second-order valence-corrected chi connectivity index (χ2v) is 6.17. The monoisotopic (exact) mass is 337 g/mol. The van der Waals surface area contributed by atoms with Gasteiger partial charge in [-0.15, -0.1) is 0 Å². The van der Waals surface area contributed by atoms with Crippen LogP contribution in [0.4, 0.5) is 4.79 Å². The Morgan fingerprint density at radius 3 is 1.88 bits per heavy atom. The Hall–Kier alpha value is -2.82. The van der Waals surface area contributed by atoms with Crippen molar-refractivity contribution < 1.29 is 9.59 Å². The zero-order valence-electron chi connectivity index (χ0n) is 14.2. The third-order valence-electron chi connectivity index (χ3n) is 4.40. The average Bonchev–Trinajstić information content (AvgIpc) is 2.68. The van der Waals surface area contributed by atoms with Gasteiger partial charge in [0.05, 0.1) is 6.42 Å². The molecule has 5 heteroatoms. The summed E-state index contributed by atoms with van der Waals surface area (Å²) in [6, 6.07) is 19.5. The van der Waals surface area contributed by atoms with Gasteiger partial charge in [0.2, 0.25) is 5.91 Å². The van der Waals surface area contributed by atoms with Crippen molar-refractivity contribution in [2.75, 3.05) is 26.2 Å². The van der Waals surface area contributed by atoms with Crippen LogP contribution < -0.4 is 5.32 Å². The lowest BCUT2D eigenvalue weighted by Gasteiger charge is -2.34. The van der Waals surface area contributed by atoms with Gasteiger partial charge in [-0.1, -0.05) is 60.7 Å². The highest BCUT2D eigenvalue weighted by Crippen LogP contribution is 2.07. The number of piperazine rings is 1. The van der Waals surface area contributed by atoms with Gasteiger partial charge in [0.15, 0.2) is 0 Å². The lowest BCUT2D eigenvalue weighted by atomic mass is 10.1. The largest absolute Gasteiger partial charge is 0.339 e. The Balaban J connectivity index is 1.43. The highest BCUT2D eigenvalue weighted by Gasteiger charge is 2.23. The lowest BCUT2D eigenvalue weighted by molar-refractivity contribution is -0.131. The number of urea groups is 1. The van der Waals surface area contributed by atoms with Crippen molar-refractivity contribution in [2.45, 2.75) is 13.0 Å². The fourth-order valence-corrected chi connectivity index (χ4v) is 2.93. The molecule has 0 aliphatic carbocycles. The Morgan fingerprint density at radius 1 is 0.760 bits per heavy atom. The summed E-state index contributed by atoms with van der Waals surface area (Å²) < 4.78 is 0. The van der Waals surface area contributed by atoms with Crippen LogP contribution in [-0.4, -0.2) is 47.9 Å². The first-order chi connectivity index (χ1) is 12.2. The predicted molar refractivity (Wildman–Crippen MR) is 97.0 cm³/mol. The summed E-state index contributed by atoms with van der Waals surface area (Å²) in [5.74, 6) is 0.121. The number of nitrogens with zero attached hydrogens (tertiary/aromatic N) is 2. The van der Waals surface area contributed by atoms with Gasteiger partial charge in [-0.2, -0.15) is 0 Å². The Kier molecular flexibility index (Phi) is 5.67. The van der Waals surface area contributed by atoms with Crippen LogP contribution in [0.25, 0.3) is 0 Å². The van der Waals surface area contributed by atoms with Gasteiger partial charge in [-0.05, 0) is 11.1 Å². The second kappa shape index (κ2) is 8.33. The molecule has 1 aliphatic heterocycles. The number of nitrogens with one attached hydrogen (secondary N) is 1. The number of carbonyl (C=O) groups is 2. The molecule has 0 unspecified atom stereocenters. The molecule has 130 valence electrons. The normalized spacial score (nSPS) is 14.2. The molecule has 25 heavy (non-hydrogen) atoms. The first-order valence-corrected chi connectivity index (χ1v) is 8.61. The first-order valence-electron chi connectivity index (χ1n) is 8.61. The van der Waals surface area contributed by atoms with Crippen molar-refractivity contribution in [2.24, 2.45) is 0 Å². The van der Waals surface area contributed by atoms with Crippen LogP contribution in [-0.2, 0) is 17.8 Å². The third-order valence-corrected chi connectivity index (χ3v) is 4.40. The van der Waals surface area contributed by atoms with Crippen molar-refractivity contribution in [1.29, 1.82) is 0 Å². The van der Waals surface area contributed by atoms with Crippen molar-refractivity contribution >= 4 is 11.9 Å². The Bertz CT molecular complexity index is 695. The van der Waals surface area contributed by atoms with Crippen LogP contribution in [0.15, 0.2) is 60.7 Å². The smallest absolute Gasteiger partial charge is 0.317 e. The summed E-state index contributed by atoms with van der Waals surface area (Å²) >= 11 is 0. The van der Waals surface area contributed by atoms with E-state index in [0.717, 1.165) is 11.1 Å². The summed E-state index contributed by atoms with van der Waals surface area (Å²) in [7, 11) is 0. The maximum absolute atomic E-state index is 12.4. The molecule has 0 saturated carbocycles. The topological polar surface area (TPSA) is 52.7 Å². The minimum Gasteiger partial charge on any atom is -0.339 e. The van der Waals surface area contributed by atoms with Crippen LogP contribution in [0.1, 0.15) is 11.1 Å². The fraction of sp³-hybridized carbons (Fsp3) is 0.300. The molecular formula is C20H23N3O2. The second-order valence-electron chi connectivity index (χ2n) is 6.17. The van der Waals surface area contributed by atoms with E-state index in [1.165, 1.54) is 0 Å². The van der Waals surface area contributed by atoms with Crippen molar-refractivity contribution in [3.63, 3.8) is 0 Å². The Morgan fingerprint density at radius 2 is 1.28 bits per heavy atom. The average molecular weight is 337 g/mol. The van der Waals surface area contributed by atoms with Crippen molar-refractivity contribution in [1.82, 2.24) is 15.1 Å².